The summed E-state index contributed by atoms with van der Waals surface area (Å²) in [5.74, 6) is 1.58. The molecule has 126 valence electrons. The Morgan fingerprint density at radius 3 is 2.68 bits per heavy atom. The number of aryl methyl sites for hydroxylation is 1. The molecule has 5 heteroatoms. The van der Waals surface area contributed by atoms with Crippen LogP contribution in [0.25, 0.3) is 16.5 Å². The molecule has 1 N–H and O–H groups in total. The molecular formula is C20H19N3O2. The van der Waals surface area contributed by atoms with Gasteiger partial charge in [0.1, 0.15) is 11.5 Å². The van der Waals surface area contributed by atoms with Gasteiger partial charge in [0.05, 0.1) is 18.3 Å². The lowest BCUT2D eigenvalue weighted by Gasteiger charge is -2.08. The third-order valence-corrected chi connectivity index (χ3v) is 4.24. The van der Waals surface area contributed by atoms with E-state index in [1.165, 1.54) is 11.1 Å². The largest absolute Gasteiger partial charge is 0.457 e. The zero-order valence-electron chi connectivity index (χ0n) is 13.8. The summed E-state index contributed by atoms with van der Waals surface area (Å²) >= 11 is 0. The van der Waals surface area contributed by atoms with Crippen molar-refractivity contribution in [2.75, 3.05) is 13.2 Å². The molecule has 0 fully saturated rings. The quantitative estimate of drug-likeness (QED) is 0.748. The zero-order valence-corrected chi connectivity index (χ0v) is 13.8. The average Bonchev–Trinajstić information content (AvgIpc) is 3.30. The summed E-state index contributed by atoms with van der Waals surface area (Å²) in [7, 11) is 0. The van der Waals surface area contributed by atoms with Crippen LogP contribution in [0, 0.1) is 0 Å². The average molecular weight is 333 g/mol. The number of hydrogen-bond donors (Lipinski definition) is 1. The van der Waals surface area contributed by atoms with Crippen molar-refractivity contribution in [1.29, 1.82) is 0 Å². The van der Waals surface area contributed by atoms with Crippen molar-refractivity contribution >= 4 is 22.7 Å². The van der Waals surface area contributed by atoms with Crippen molar-refractivity contribution in [2.24, 2.45) is 4.99 Å². The molecule has 0 saturated heterocycles. The molecule has 0 spiro atoms. The Labute approximate surface area is 145 Å². The van der Waals surface area contributed by atoms with Gasteiger partial charge in [0.15, 0.2) is 0 Å². The Bertz CT molecular complexity index is 939. The number of aromatic nitrogens is 2. The molecule has 1 aromatic heterocycles. The molecule has 1 aliphatic rings. The molecule has 2 aromatic carbocycles. The number of fused-ring (bicyclic) bond motifs is 1. The fourth-order valence-electron chi connectivity index (χ4n) is 2.93. The molecule has 2 heterocycles. The van der Waals surface area contributed by atoms with Gasteiger partial charge in [-0.1, -0.05) is 12.1 Å². The fourth-order valence-corrected chi connectivity index (χ4v) is 2.93. The molecule has 0 radical (unpaired) electrons. The number of aliphatic hydroxyl groups is 1. The van der Waals surface area contributed by atoms with Crippen LogP contribution in [0.4, 0.5) is 0 Å². The molecule has 0 bridgehead atoms. The predicted octanol–water partition coefficient (Wildman–Crippen LogP) is 3.68. The second kappa shape index (κ2) is 6.91. The van der Waals surface area contributed by atoms with Crippen LogP contribution in [0.1, 0.15) is 12.0 Å². The van der Waals surface area contributed by atoms with Crippen LogP contribution >= 0.6 is 0 Å². The number of aliphatic imine (C=N–C) groups is 1. The van der Waals surface area contributed by atoms with E-state index >= 15 is 0 Å². The first-order chi connectivity index (χ1) is 12.3. The van der Waals surface area contributed by atoms with Crippen LogP contribution in [-0.4, -0.2) is 34.3 Å². The number of nitrogens with zero attached hydrogens (tertiary/aromatic N) is 3. The first kappa shape index (κ1) is 15.6. The summed E-state index contributed by atoms with van der Waals surface area (Å²) in [6.07, 6.45) is 6.41. The van der Waals surface area contributed by atoms with E-state index in [1.54, 1.807) is 0 Å². The van der Waals surface area contributed by atoms with Gasteiger partial charge in [-0.05, 0) is 54.0 Å². The van der Waals surface area contributed by atoms with E-state index in [1.807, 2.05) is 53.5 Å². The molecule has 5 nitrogen and oxygen atoms in total. The van der Waals surface area contributed by atoms with E-state index < -0.39 is 0 Å². The van der Waals surface area contributed by atoms with Crippen LogP contribution in [0.2, 0.25) is 0 Å². The lowest BCUT2D eigenvalue weighted by atomic mass is 10.1. The van der Waals surface area contributed by atoms with Crippen LogP contribution in [0.15, 0.2) is 59.7 Å². The van der Waals surface area contributed by atoms with E-state index in [9.17, 15) is 0 Å². The number of allylic oxidation sites excluding steroid dienone is 1. The van der Waals surface area contributed by atoms with Gasteiger partial charge in [-0.25, -0.2) is 0 Å². The summed E-state index contributed by atoms with van der Waals surface area (Å²) in [6.45, 7) is 1.62. The van der Waals surface area contributed by atoms with E-state index in [0.717, 1.165) is 28.9 Å². The SMILES string of the molecule is OCCCn1ncc2cc(Oc3ccc(C4=CC=NC4)cc3)ccc21. The van der Waals surface area contributed by atoms with Gasteiger partial charge in [-0.15, -0.1) is 0 Å². The Morgan fingerprint density at radius 2 is 1.92 bits per heavy atom. The van der Waals surface area contributed by atoms with Crippen molar-refractivity contribution < 1.29 is 9.84 Å². The minimum absolute atomic E-state index is 0.168. The van der Waals surface area contributed by atoms with E-state index in [-0.39, 0.29) is 6.61 Å². The molecule has 1 aliphatic heterocycles. The van der Waals surface area contributed by atoms with E-state index in [2.05, 4.69) is 22.2 Å². The summed E-state index contributed by atoms with van der Waals surface area (Å²) in [5.41, 5.74) is 3.44. The molecule has 3 aromatic rings. The third kappa shape index (κ3) is 3.32. The van der Waals surface area contributed by atoms with Crippen molar-refractivity contribution in [3.05, 3.63) is 60.3 Å². The first-order valence-electron chi connectivity index (χ1n) is 8.37. The highest BCUT2D eigenvalue weighted by Crippen LogP contribution is 2.27. The van der Waals surface area contributed by atoms with E-state index in [0.29, 0.717) is 13.0 Å². The van der Waals surface area contributed by atoms with Crippen molar-refractivity contribution in [1.82, 2.24) is 9.78 Å². The normalized spacial score (nSPS) is 13.4. The predicted molar refractivity (Wildman–Crippen MR) is 99.3 cm³/mol. The Hall–Kier alpha value is -2.92. The topological polar surface area (TPSA) is 59.6 Å². The smallest absolute Gasteiger partial charge is 0.128 e. The van der Waals surface area contributed by atoms with Crippen LogP contribution in [-0.2, 0) is 6.54 Å². The number of ether oxygens (including phenoxy) is 1. The second-order valence-electron chi connectivity index (χ2n) is 5.97. The molecule has 0 unspecified atom stereocenters. The summed E-state index contributed by atoms with van der Waals surface area (Å²) in [5, 5.41) is 14.4. The van der Waals surface area contributed by atoms with Gasteiger partial charge in [0.25, 0.3) is 0 Å². The molecule has 4 rings (SSSR count). The summed E-state index contributed by atoms with van der Waals surface area (Å²) in [4.78, 5) is 4.21. The van der Waals surface area contributed by atoms with Crippen molar-refractivity contribution in [3.8, 4) is 11.5 Å². The van der Waals surface area contributed by atoms with Gasteiger partial charge in [0, 0.05) is 24.8 Å². The van der Waals surface area contributed by atoms with Gasteiger partial charge in [-0.2, -0.15) is 5.10 Å². The van der Waals surface area contributed by atoms with Crippen LogP contribution in [0.5, 0.6) is 11.5 Å². The number of rotatable bonds is 6. The van der Waals surface area contributed by atoms with Crippen molar-refractivity contribution in [2.45, 2.75) is 13.0 Å². The lowest BCUT2D eigenvalue weighted by Crippen LogP contribution is -2.01. The monoisotopic (exact) mass is 333 g/mol. The molecule has 25 heavy (non-hydrogen) atoms. The maximum atomic E-state index is 8.96. The van der Waals surface area contributed by atoms with Crippen LogP contribution < -0.4 is 4.74 Å². The minimum atomic E-state index is 0.168. The summed E-state index contributed by atoms with van der Waals surface area (Å²) in [6, 6.07) is 14.0. The molecule has 0 atom stereocenters. The van der Waals surface area contributed by atoms with Gasteiger partial charge in [-0.3, -0.25) is 9.67 Å². The second-order valence-corrected chi connectivity index (χ2v) is 5.97. The third-order valence-electron chi connectivity index (χ3n) is 4.24. The number of benzene rings is 2. The van der Waals surface area contributed by atoms with Crippen molar-refractivity contribution in [3.63, 3.8) is 0 Å². The highest BCUT2D eigenvalue weighted by molar-refractivity contribution is 5.89. The summed E-state index contributed by atoms with van der Waals surface area (Å²) < 4.78 is 7.87. The van der Waals surface area contributed by atoms with Gasteiger partial charge >= 0.3 is 0 Å². The Morgan fingerprint density at radius 1 is 1.08 bits per heavy atom. The molecule has 0 amide bonds. The zero-order chi connectivity index (χ0) is 17.1. The highest BCUT2D eigenvalue weighted by atomic mass is 16.5. The highest BCUT2D eigenvalue weighted by Gasteiger charge is 2.07. The molecule has 0 aliphatic carbocycles. The molecule has 0 saturated carbocycles. The van der Waals surface area contributed by atoms with Gasteiger partial charge in [0.2, 0.25) is 0 Å². The van der Waals surface area contributed by atoms with Crippen LogP contribution in [0.3, 0.4) is 0 Å². The maximum absolute atomic E-state index is 8.96. The van der Waals surface area contributed by atoms with E-state index in [4.69, 9.17) is 9.84 Å². The maximum Gasteiger partial charge on any atom is 0.128 e. The lowest BCUT2D eigenvalue weighted by molar-refractivity contribution is 0.278. The first-order valence-corrected chi connectivity index (χ1v) is 8.37. The Balaban J connectivity index is 1.50. The molecular weight excluding hydrogens is 314 g/mol. The minimum Gasteiger partial charge on any atom is -0.457 e. The number of hydrogen-bond acceptors (Lipinski definition) is 4. The standard InChI is InChI=1S/C20H19N3O2/c24-11-1-10-23-20-7-6-19(12-17(20)14-22-23)25-18-4-2-15(3-5-18)16-8-9-21-13-16/h2-9,12,14,24H,1,10-11,13H2. The number of aliphatic hydroxyl groups excluding tert-OH is 1. The van der Waals surface area contributed by atoms with Gasteiger partial charge < -0.3 is 9.84 Å². The Kier molecular flexibility index (Phi) is 4.31. The fraction of sp³-hybridized carbons (Fsp3) is 0.200.